The zero-order valence-electron chi connectivity index (χ0n) is 13.1. The second-order valence-corrected chi connectivity index (χ2v) is 6.50. The molecule has 2 aromatic heterocycles. The van der Waals surface area contributed by atoms with Gasteiger partial charge >= 0.3 is 0 Å². The molecule has 2 aromatic rings. The van der Waals surface area contributed by atoms with Gasteiger partial charge in [-0.15, -0.1) is 3.89 Å². The zero-order chi connectivity index (χ0) is 16.5. The van der Waals surface area contributed by atoms with Gasteiger partial charge in [-0.1, -0.05) is 39.5 Å². The van der Waals surface area contributed by atoms with Crippen LogP contribution in [0.25, 0.3) is 16.7 Å². The summed E-state index contributed by atoms with van der Waals surface area (Å²) in [4.78, 5) is 21.3. The van der Waals surface area contributed by atoms with Crippen LogP contribution in [0.15, 0.2) is 31.1 Å². The number of allylic oxidation sites excluding steroid dienone is 3. The van der Waals surface area contributed by atoms with Gasteiger partial charge < -0.3 is 0 Å². The van der Waals surface area contributed by atoms with Crippen molar-refractivity contribution in [3.8, 4) is 0 Å². The van der Waals surface area contributed by atoms with E-state index in [4.69, 9.17) is 0 Å². The van der Waals surface area contributed by atoms with E-state index in [1.807, 2.05) is 39.8 Å². The summed E-state index contributed by atoms with van der Waals surface area (Å²) < 4.78 is 14.3. The minimum Gasteiger partial charge on any atom is -0.293 e. The molecule has 6 heteroatoms. The topological polar surface area (TPSA) is 47.8 Å². The molecule has 0 bridgehead atoms. The zero-order valence-corrected chi connectivity index (χ0v) is 13.9. The lowest BCUT2D eigenvalue weighted by molar-refractivity contribution is 0.0860. The Hall–Kier alpha value is -1.95. The third-order valence-corrected chi connectivity index (χ3v) is 3.59. The maximum Gasteiger partial charge on any atom is 0.172 e. The molecule has 0 spiro atoms. The lowest BCUT2D eigenvalue weighted by atomic mass is 9.87. The van der Waals surface area contributed by atoms with Crippen LogP contribution in [0.3, 0.4) is 0 Å². The molecule has 4 nitrogen and oxygen atoms in total. The second kappa shape index (κ2) is 6.04. The first-order valence-electron chi connectivity index (χ1n) is 6.83. The Balaban J connectivity index is 2.68. The molecular weight excluding hydrogens is 301 g/mol. The van der Waals surface area contributed by atoms with Gasteiger partial charge in [0.1, 0.15) is 5.52 Å². The highest BCUT2D eigenvalue weighted by molar-refractivity contribution is 7.92. The molecule has 0 amide bonds. The Morgan fingerprint density at radius 1 is 1.45 bits per heavy atom. The van der Waals surface area contributed by atoms with Crippen LogP contribution in [0.4, 0.5) is 3.89 Å². The molecule has 0 aliphatic rings. The van der Waals surface area contributed by atoms with E-state index >= 15 is 0 Å². The minimum absolute atomic E-state index is 0.00280. The Labute approximate surface area is 133 Å². The molecule has 0 N–H and O–H groups in total. The molecule has 0 aliphatic heterocycles. The molecule has 0 atom stereocenters. The Kier molecular flexibility index (Phi) is 4.51. The van der Waals surface area contributed by atoms with Gasteiger partial charge in [-0.2, -0.15) is 0 Å². The summed E-state index contributed by atoms with van der Waals surface area (Å²) in [6.07, 6.45) is 6.63. The van der Waals surface area contributed by atoms with Crippen molar-refractivity contribution in [2.24, 2.45) is 5.41 Å². The summed E-state index contributed by atoms with van der Waals surface area (Å²) in [6, 6.07) is 0. The second-order valence-electron chi connectivity index (χ2n) is 5.97. The summed E-state index contributed by atoms with van der Waals surface area (Å²) in [5.41, 5.74) is 1.76. The van der Waals surface area contributed by atoms with Crippen LogP contribution in [0.5, 0.6) is 0 Å². The fourth-order valence-corrected chi connectivity index (χ4v) is 2.37. The highest BCUT2D eigenvalue weighted by Crippen LogP contribution is 2.29. The van der Waals surface area contributed by atoms with E-state index in [1.165, 1.54) is 16.4 Å². The van der Waals surface area contributed by atoms with Gasteiger partial charge in [0, 0.05) is 11.6 Å². The fourth-order valence-electron chi connectivity index (χ4n) is 2.03. The summed E-state index contributed by atoms with van der Waals surface area (Å²) in [6.45, 7) is 11.2. The van der Waals surface area contributed by atoms with E-state index < -0.39 is 5.41 Å². The Morgan fingerprint density at radius 2 is 2.14 bits per heavy atom. The van der Waals surface area contributed by atoms with E-state index in [1.54, 1.807) is 0 Å². The van der Waals surface area contributed by atoms with Gasteiger partial charge in [0.2, 0.25) is 0 Å². The molecule has 2 rings (SSSR count). The molecule has 0 radical (unpaired) electrons. The summed E-state index contributed by atoms with van der Waals surface area (Å²) in [5, 5.41) is 0. The summed E-state index contributed by atoms with van der Waals surface area (Å²) >= 11 is -0.00280. The monoisotopic (exact) mass is 319 g/mol. The number of aromatic nitrogens is 3. The van der Waals surface area contributed by atoms with Crippen LogP contribution in [0, 0.1) is 5.41 Å². The first-order chi connectivity index (χ1) is 10.3. The number of hydrogen-bond acceptors (Lipinski definition) is 4. The fraction of sp³-hybridized carbons (Fsp3) is 0.312. The van der Waals surface area contributed by atoms with Crippen molar-refractivity contribution in [2.45, 2.75) is 27.7 Å². The van der Waals surface area contributed by atoms with Crippen LogP contribution >= 0.6 is 12.3 Å². The normalized spacial score (nSPS) is 12.2. The molecule has 22 heavy (non-hydrogen) atoms. The largest absolute Gasteiger partial charge is 0.293 e. The third kappa shape index (κ3) is 2.97. The van der Waals surface area contributed by atoms with E-state index in [2.05, 4.69) is 16.5 Å². The van der Waals surface area contributed by atoms with Crippen molar-refractivity contribution in [2.75, 3.05) is 0 Å². The number of halogens is 1. The average molecular weight is 319 g/mol. The van der Waals surface area contributed by atoms with Gasteiger partial charge in [-0.25, -0.2) is 13.9 Å². The van der Waals surface area contributed by atoms with Gasteiger partial charge in [0.15, 0.2) is 23.8 Å². The molecule has 0 fully saturated rings. The number of carbonyl (C=O) groups excluding carboxylic acids is 1. The van der Waals surface area contributed by atoms with Crippen molar-refractivity contribution in [3.05, 3.63) is 42.4 Å². The van der Waals surface area contributed by atoms with Gasteiger partial charge in [0.05, 0.1) is 17.5 Å². The van der Waals surface area contributed by atoms with Crippen molar-refractivity contribution in [1.82, 2.24) is 13.9 Å². The Morgan fingerprint density at radius 3 is 2.68 bits per heavy atom. The predicted octanol–water partition coefficient (Wildman–Crippen LogP) is 4.63. The molecule has 2 heterocycles. The smallest absolute Gasteiger partial charge is 0.172 e. The van der Waals surface area contributed by atoms with Crippen LogP contribution in [-0.2, 0) is 0 Å². The molecular formula is C16H18FN3OS. The van der Waals surface area contributed by atoms with Crippen LogP contribution in [-0.4, -0.2) is 19.7 Å². The van der Waals surface area contributed by atoms with E-state index in [9.17, 15) is 8.68 Å². The number of hydrogen-bond donors (Lipinski definition) is 0. The maximum atomic E-state index is 13.1. The third-order valence-electron chi connectivity index (χ3n) is 3.16. The predicted molar refractivity (Wildman–Crippen MR) is 89.3 cm³/mol. The van der Waals surface area contributed by atoms with Crippen LogP contribution < -0.4 is 0 Å². The number of fused-ring (bicyclic) bond motifs is 1. The van der Waals surface area contributed by atoms with Crippen LogP contribution in [0.1, 0.15) is 43.7 Å². The lowest BCUT2D eigenvalue weighted by Crippen LogP contribution is -2.20. The van der Waals surface area contributed by atoms with Crippen molar-refractivity contribution in [3.63, 3.8) is 0 Å². The van der Waals surface area contributed by atoms with Gasteiger partial charge in [-0.3, -0.25) is 4.79 Å². The first kappa shape index (κ1) is 16.4. The maximum absolute atomic E-state index is 13.1. The van der Waals surface area contributed by atoms with Crippen molar-refractivity contribution in [1.29, 1.82) is 0 Å². The number of ketones is 1. The van der Waals surface area contributed by atoms with Gasteiger partial charge in [-0.05, 0) is 12.5 Å². The minimum atomic E-state index is -0.585. The molecule has 116 valence electrons. The Bertz CT molecular complexity index is 772. The standard InChI is InChI=1S/C16H18FN3OS/c1-6-7-10(2)12-8-18-15-13(19-12)11(9-20(15)22-17)14(21)16(3,4)5/h6-9H,2H2,1,3-5H3/b7-6+. The summed E-state index contributed by atoms with van der Waals surface area (Å²) in [7, 11) is 0. The molecule has 0 saturated heterocycles. The van der Waals surface area contributed by atoms with Gasteiger partial charge in [0.25, 0.3) is 0 Å². The molecule has 0 saturated carbocycles. The summed E-state index contributed by atoms with van der Waals surface area (Å²) in [5.74, 6) is -0.103. The average Bonchev–Trinajstić information content (AvgIpc) is 2.83. The number of nitrogens with zero attached hydrogens (tertiary/aromatic N) is 3. The molecule has 0 unspecified atom stereocenters. The van der Waals surface area contributed by atoms with E-state index in [-0.39, 0.29) is 18.1 Å². The lowest BCUT2D eigenvalue weighted by Gasteiger charge is -2.15. The quantitative estimate of drug-likeness (QED) is 0.609. The molecule has 0 aliphatic carbocycles. The number of Topliss-reactive ketones (excluding diaryl/α,β-unsaturated/α-hetero) is 1. The van der Waals surface area contributed by atoms with E-state index in [0.29, 0.717) is 28.0 Å². The highest BCUT2D eigenvalue weighted by atomic mass is 32.2. The first-order valence-corrected chi connectivity index (χ1v) is 7.51. The van der Waals surface area contributed by atoms with Crippen LogP contribution in [0.2, 0.25) is 0 Å². The highest BCUT2D eigenvalue weighted by Gasteiger charge is 2.28. The van der Waals surface area contributed by atoms with Crippen molar-refractivity contribution >= 4 is 34.9 Å². The van der Waals surface area contributed by atoms with Crippen molar-refractivity contribution < 1.29 is 8.68 Å². The van der Waals surface area contributed by atoms with E-state index in [0.717, 1.165) is 0 Å². The number of carbonyl (C=O) groups is 1. The SMILES string of the molecule is C=C(/C=C/C)c1cnc2c(n1)c(C(=O)C(C)(C)C)cn2SF. The number of rotatable bonds is 4. The molecule has 0 aromatic carbocycles.